The summed E-state index contributed by atoms with van der Waals surface area (Å²) < 4.78 is 36.9. The van der Waals surface area contributed by atoms with Crippen molar-refractivity contribution in [2.75, 3.05) is 18.5 Å². The highest BCUT2D eigenvalue weighted by atomic mass is 19.3. The van der Waals surface area contributed by atoms with Gasteiger partial charge in [-0.1, -0.05) is 0 Å². The number of rotatable bonds is 4. The molecular formula is C9H9F3N2O2. The molecule has 0 aliphatic heterocycles. The van der Waals surface area contributed by atoms with Crippen molar-refractivity contribution in [3.8, 4) is 0 Å². The monoisotopic (exact) mass is 234 g/mol. The van der Waals surface area contributed by atoms with Crippen molar-refractivity contribution in [3.05, 3.63) is 23.6 Å². The van der Waals surface area contributed by atoms with Crippen LogP contribution in [0.4, 0.5) is 19.0 Å². The molecule has 0 aliphatic rings. The molecule has 1 rings (SSSR count). The smallest absolute Gasteiger partial charge is 0.339 e. The summed E-state index contributed by atoms with van der Waals surface area (Å²) in [5.41, 5.74) is -0.442. The molecule has 1 heterocycles. The Morgan fingerprint density at radius 1 is 1.62 bits per heavy atom. The van der Waals surface area contributed by atoms with Crippen molar-refractivity contribution < 1.29 is 23.1 Å². The highest BCUT2D eigenvalue weighted by Crippen LogP contribution is 2.18. The van der Waals surface area contributed by atoms with Crippen LogP contribution < -0.4 is 4.90 Å². The van der Waals surface area contributed by atoms with E-state index in [9.17, 15) is 18.0 Å². The van der Waals surface area contributed by atoms with Crippen LogP contribution in [0, 0.1) is 5.82 Å². The number of carboxylic acids is 1. The molecule has 0 aromatic carbocycles. The van der Waals surface area contributed by atoms with Gasteiger partial charge in [-0.3, -0.25) is 0 Å². The minimum atomic E-state index is -2.63. The first-order valence-corrected chi connectivity index (χ1v) is 4.30. The van der Waals surface area contributed by atoms with Crippen LogP contribution >= 0.6 is 0 Å². The van der Waals surface area contributed by atoms with E-state index >= 15 is 0 Å². The van der Waals surface area contributed by atoms with Crippen LogP contribution in [-0.2, 0) is 0 Å². The fraction of sp³-hybridized carbons (Fsp3) is 0.333. The number of aromatic carboxylic acids is 1. The quantitative estimate of drug-likeness (QED) is 0.860. The van der Waals surface area contributed by atoms with Gasteiger partial charge in [0.2, 0.25) is 0 Å². The number of pyridine rings is 1. The second kappa shape index (κ2) is 4.82. The number of alkyl halides is 2. The maximum Gasteiger partial charge on any atom is 0.339 e. The van der Waals surface area contributed by atoms with Gasteiger partial charge in [0.15, 0.2) is 0 Å². The molecule has 0 aliphatic carbocycles. The Hall–Kier alpha value is -1.79. The maximum atomic E-state index is 12.7. The molecule has 0 radical (unpaired) electrons. The first kappa shape index (κ1) is 12.3. The van der Waals surface area contributed by atoms with E-state index in [1.807, 2.05) is 0 Å². The molecule has 0 bridgehead atoms. The molecule has 7 heteroatoms. The number of hydrogen-bond donors (Lipinski definition) is 1. The second-order valence-electron chi connectivity index (χ2n) is 3.10. The van der Waals surface area contributed by atoms with Crippen LogP contribution in [0.15, 0.2) is 12.3 Å². The average molecular weight is 234 g/mol. The molecule has 0 spiro atoms. The van der Waals surface area contributed by atoms with Crippen molar-refractivity contribution in [2.24, 2.45) is 0 Å². The third-order valence-corrected chi connectivity index (χ3v) is 1.84. The predicted molar refractivity (Wildman–Crippen MR) is 50.4 cm³/mol. The van der Waals surface area contributed by atoms with Gasteiger partial charge in [-0.25, -0.2) is 22.9 Å². The topological polar surface area (TPSA) is 53.4 Å². The number of aromatic nitrogens is 1. The lowest BCUT2D eigenvalue weighted by atomic mass is 10.2. The minimum absolute atomic E-state index is 0.186. The van der Waals surface area contributed by atoms with Gasteiger partial charge in [0.25, 0.3) is 6.43 Å². The normalized spacial score (nSPS) is 10.6. The second-order valence-corrected chi connectivity index (χ2v) is 3.10. The molecule has 0 saturated carbocycles. The zero-order valence-corrected chi connectivity index (χ0v) is 8.32. The van der Waals surface area contributed by atoms with Crippen molar-refractivity contribution in [3.63, 3.8) is 0 Å². The SMILES string of the molecule is CN(CC(F)F)c1ncc(F)cc1C(=O)O. The molecule has 16 heavy (non-hydrogen) atoms. The Labute approximate surface area is 89.3 Å². The highest BCUT2D eigenvalue weighted by Gasteiger charge is 2.18. The van der Waals surface area contributed by atoms with E-state index in [1.54, 1.807) is 0 Å². The van der Waals surface area contributed by atoms with E-state index in [0.717, 1.165) is 17.2 Å². The van der Waals surface area contributed by atoms with Crippen molar-refractivity contribution in [2.45, 2.75) is 6.43 Å². The molecule has 0 fully saturated rings. The number of carboxylic acid groups (broad SMARTS) is 1. The molecule has 1 aromatic heterocycles. The Balaban J connectivity index is 3.07. The number of carbonyl (C=O) groups is 1. The fourth-order valence-corrected chi connectivity index (χ4v) is 1.19. The van der Waals surface area contributed by atoms with Gasteiger partial charge in [0.1, 0.15) is 17.2 Å². The van der Waals surface area contributed by atoms with Gasteiger partial charge >= 0.3 is 5.97 Å². The predicted octanol–water partition coefficient (Wildman–Crippen LogP) is 1.62. The van der Waals surface area contributed by atoms with Crippen LogP contribution in [0.1, 0.15) is 10.4 Å². The van der Waals surface area contributed by atoms with Gasteiger partial charge < -0.3 is 10.0 Å². The van der Waals surface area contributed by atoms with Gasteiger partial charge in [-0.15, -0.1) is 0 Å². The van der Waals surface area contributed by atoms with Crippen LogP contribution in [0.3, 0.4) is 0 Å². The summed E-state index contributed by atoms with van der Waals surface area (Å²) in [5.74, 6) is -2.43. The number of anilines is 1. The zero-order chi connectivity index (χ0) is 12.3. The lowest BCUT2D eigenvalue weighted by molar-refractivity contribution is 0.0696. The summed E-state index contributed by atoms with van der Waals surface area (Å²) in [4.78, 5) is 15.2. The summed E-state index contributed by atoms with van der Waals surface area (Å²) in [5, 5.41) is 8.75. The summed E-state index contributed by atoms with van der Waals surface area (Å²) in [6.45, 7) is -0.668. The Bertz CT molecular complexity index is 398. The first-order chi connectivity index (χ1) is 7.41. The number of halogens is 3. The Morgan fingerprint density at radius 2 is 2.25 bits per heavy atom. The summed E-state index contributed by atoms with van der Waals surface area (Å²) in [7, 11) is 1.26. The summed E-state index contributed by atoms with van der Waals surface area (Å²) in [6.07, 6.45) is -1.84. The molecule has 0 unspecified atom stereocenters. The average Bonchev–Trinajstić information content (AvgIpc) is 2.16. The molecule has 0 saturated heterocycles. The maximum absolute atomic E-state index is 12.7. The lowest BCUT2D eigenvalue weighted by Gasteiger charge is -2.19. The lowest BCUT2D eigenvalue weighted by Crippen LogP contribution is -2.27. The molecule has 88 valence electrons. The Morgan fingerprint density at radius 3 is 2.75 bits per heavy atom. The van der Waals surface area contributed by atoms with E-state index in [2.05, 4.69) is 4.98 Å². The third kappa shape index (κ3) is 2.85. The molecular weight excluding hydrogens is 225 g/mol. The van der Waals surface area contributed by atoms with E-state index in [4.69, 9.17) is 5.11 Å². The standard InChI is InChI=1S/C9H9F3N2O2/c1-14(4-7(11)12)8-6(9(15)16)2-5(10)3-13-8/h2-3,7H,4H2,1H3,(H,15,16). The van der Waals surface area contributed by atoms with Gasteiger partial charge in [-0.2, -0.15) is 0 Å². The molecule has 0 atom stereocenters. The van der Waals surface area contributed by atoms with E-state index in [-0.39, 0.29) is 5.82 Å². The van der Waals surface area contributed by atoms with Crippen molar-refractivity contribution in [1.82, 2.24) is 4.98 Å². The van der Waals surface area contributed by atoms with E-state index in [0.29, 0.717) is 0 Å². The van der Waals surface area contributed by atoms with Crippen LogP contribution in [0.5, 0.6) is 0 Å². The van der Waals surface area contributed by atoms with Crippen LogP contribution in [0.25, 0.3) is 0 Å². The molecule has 0 amide bonds. The Kier molecular flexibility index (Phi) is 3.70. The van der Waals surface area contributed by atoms with E-state index < -0.39 is 30.3 Å². The molecule has 1 aromatic rings. The van der Waals surface area contributed by atoms with E-state index in [1.165, 1.54) is 7.05 Å². The minimum Gasteiger partial charge on any atom is -0.478 e. The van der Waals surface area contributed by atoms with Gasteiger partial charge in [-0.05, 0) is 6.07 Å². The number of hydrogen-bond acceptors (Lipinski definition) is 3. The summed E-state index contributed by atoms with van der Waals surface area (Å²) in [6, 6.07) is 0.743. The first-order valence-electron chi connectivity index (χ1n) is 4.30. The number of nitrogens with zero attached hydrogens (tertiary/aromatic N) is 2. The van der Waals surface area contributed by atoms with Gasteiger partial charge in [0.05, 0.1) is 12.7 Å². The van der Waals surface area contributed by atoms with Crippen molar-refractivity contribution >= 4 is 11.8 Å². The third-order valence-electron chi connectivity index (χ3n) is 1.84. The molecule has 1 N–H and O–H groups in total. The summed E-state index contributed by atoms with van der Waals surface area (Å²) >= 11 is 0. The highest BCUT2D eigenvalue weighted by molar-refractivity contribution is 5.93. The van der Waals surface area contributed by atoms with Crippen molar-refractivity contribution in [1.29, 1.82) is 0 Å². The van der Waals surface area contributed by atoms with Crippen LogP contribution in [0.2, 0.25) is 0 Å². The zero-order valence-electron chi connectivity index (χ0n) is 8.32. The molecule has 4 nitrogen and oxygen atoms in total. The fourth-order valence-electron chi connectivity index (χ4n) is 1.19. The largest absolute Gasteiger partial charge is 0.478 e. The van der Waals surface area contributed by atoms with Crippen LogP contribution in [-0.4, -0.2) is 36.1 Å². The van der Waals surface area contributed by atoms with Gasteiger partial charge in [0, 0.05) is 7.05 Å².